The zero-order chi connectivity index (χ0) is 12.0. The highest BCUT2D eigenvalue weighted by Crippen LogP contribution is 2.38. The maximum atomic E-state index is 13.3. The number of aliphatic hydroxyl groups excluding tert-OH is 2. The van der Waals surface area contributed by atoms with Crippen LogP contribution in [0, 0.1) is 5.82 Å². The zero-order valence-electron chi connectivity index (χ0n) is 9.84. The van der Waals surface area contributed by atoms with Crippen LogP contribution in [0.3, 0.4) is 0 Å². The molecule has 0 radical (unpaired) electrons. The smallest absolute Gasteiger partial charge is 0.123 e. The van der Waals surface area contributed by atoms with Gasteiger partial charge in [0.2, 0.25) is 0 Å². The Hall–Kier alpha value is -0.680. The summed E-state index contributed by atoms with van der Waals surface area (Å²) in [5, 5.41) is 22.7. The molecule has 1 heterocycles. The van der Waals surface area contributed by atoms with Crippen molar-refractivity contribution in [2.45, 2.75) is 43.6 Å². The fourth-order valence-electron chi connectivity index (χ4n) is 3.05. The number of rotatable bonds is 0. The minimum Gasteiger partial charge on any atom is -0.390 e. The molecule has 1 aromatic rings. The second-order valence-electron chi connectivity index (χ2n) is 5.04. The third-order valence-electron chi connectivity index (χ3n) is 3.98. The van der Waals surface area contributed by atoms with Crippen LogP contribution in [0.5, 0.6) is 0 Å². The quantitative estimate of drug-likeness (QED) is 0.668. The highest BCUT2D eigenvalue weighted by Gasteiger charge is 2.38. The largest absolute Gasteiger partial charge is 0.390 e. The summed E-state index contributed by atoms with van der Waals surface area (Å²) in [6, 6.07) is 4.97. The molecule has 2 aliphatic rings. The summed E-state index contributed by atoms with van der Waals surface area (Å²) in [6.07, 6.45) is -0.344. The number of hydrogen-bond donors (Lipinski definition) is 3. The molecule has 0 saturated heterocycles. The minimum absolute atomic E-state index is 0. The molecule has 3 rings (SSSR count). The van der Waals surface area contributed by atoms with E-state index in [1.165, 1.54) is 6.07 Å². The van der Waals surface area contributed by atoms with Gasteiger partial charge in [-0.2, -0.15) is 0 Å². The predicted molar refractivity (Wildman–Crippen MR) is 68.3 cm³/mol. The van der Waals surface area contributed by atoms with E-state index in [1.54, 1.807) is 12.1 Å². The fraction of sp³-hybridized carbons (Fsp3) is 0.538. The van der Waals surface area contributed by atoms with Gasteiger partial charge in [-0.1, -0.05) is 6.07 Å². The van der Waals surface area contributed by atoms with Crippen molar-refractivity contribution >= 4 is 12.4 Å². The first-order chi connectivity index (χ1) is 8.15. The standard InChI is InChI=1S/C13H16FNO2.ClH/c14-8-2-1-7-6-15-11-5-13(17)12(16)4-10(11)9(7)3-8;/h1-3,10-13,15-17H,4-6H2;1H/t10-,11-,12+,13-;/m0./s1. The Morgan fingerprint density at radius 3 is 2.67 bits per heavy atom. The van der Waals surface area contributed by atoms with E-state index < -0.39 is 12.2 Å². The van der Waals surface area contributed by atoms with Gasteiger partial charge in [0.1, 0.15) is 5.82 Å². The van der Waals surface area contributed by atoms with Gasteiger partial charge in [-0.15, -0.1) is 12.4 Å². The van der Waals surface area contributed by atoms with E-state index in [0.29, 0.717) is 19.4 Å². The SMILES string of the molecule is Cl.O[C@@H]1C[C@H]2c3cc(F)ccc3CN[C@H]2C[C@@H]1O. The topological polar surface area (TPSA) is 52.5 Å². The normalized spacial score (nSPS) is 34.2. The Kier molecular flexibility index (Phi) is 3.92. The van der Waals surface area contributed by atoms with Crippen molar-refractivity contribution < 1.29 is 14.6 Å². The Morgan fingerprint density at radius 1 is 1.17 bits per heavy atom. The van der Waals surface area contributed by atoms with Crippen molar-refractivity contribution in [3.63, 3.8) is 0 Å². The summed E-state index contributed by atoms with van der Waals surface area (Å²) in [5.41, 5.74) is 2.08. The molecule has 18 heavy (non-hydrogen) atoms. The first-order valence-electron chi connectivity index (χ1n) is 6.03. The van der Waals surface area contributed by atoms with E-state index in [9.17, 15) is 14.6 Å². The molecule has 1 saturated carbocycles. The molecule has 1 aliphatic carbocycles. The van der Waals surface area contributed by atoms with Crippen LogP contribution in [0.4, 0.5) is 4.39 Å². The van der Waals surface area contributed by atoms with Crippen molar-refractivity contribution in [3.05, 3.63) is 35.1 Å². The Balaban J connectivity index is 0.00000120. The molecular weight excluding hydrogens is 257 g/mol. The highest BCUT2D eigenvalue weighted by atomic mass is 35.5. The van der Waals surface area contributed by atoms with Gasteiger partial charge in [-0.05, 0) is 36.1 Å². The molecule has 0 unspecified atom stereocenters. The summed E-state index contributed by atoms with van der Waals surface area (Å²) in [7, 11) is 0. The van der Waals surface area contributed by atoms with Crippen molar-refractivity contribution in [2.75, 3.05) is 0 Å². The van der Waals surface area contributed by atoms with Gasteiger partial charge in [0.15, 0.2) is 0 Å². The monoisotopic (exact) mass is 273 g/mol. The Labute approximate surface area is 111 Å². The van der Waals surface area contributed by atoms with Crippen LogP contribution in [0.2, 0.25) is 0 Å². The summed E-state index contributed by atoms with van der Waals surface area (Å²) < 4.78 is 13.3. The average molecular weight is 274 g/mol. The van der Waals surface area contributed by atoms with Gasteiger partial charge in [-0.25, -0.2) is 4.39 Å². The van der Waals surface area contributed by atoms with E-state index in [-0.39, 0.29) is 30.2 Å². The lowest BCUT2D eigenvalue weighted by molar-refractivity contribution is -0.0274. The minimum atomic E-state index is -0.702. The van der Waals surface area contributed by atoms with Gasteiger partial charge in [0.25, 0.3) is 0 Å². The Morgan fingerprint density at radius 2 is 1.89 bits per heavy atom. The van der Waals surface area contributed by atoms with E-state index in [2.05, 4.69) is 5.32 Å². The first kappa shape index (κ1) is 13.7. The van der Waals surface area contributed by atoms with Crippen molar-refractivity contribution in [3.8, 4) is 0 Å². The van der Waals surface area contributed by atoms with Crippen LogP contribution in [0.25, 0.3) is 0 Å². The number of nitrogens with one attached hydrogen (secondary N) is 1. The summed E-state index contributed by atoms with van der Waals surface area (Å²) >= 11 is 0. The van der Waals surface area contributed by atoms with Gasteiger partial charge in [0, 0.05) is 18.5 Å². The molecule has 1 aromatic carbocycles. The van der Waals surface area contributed by atoms with Crippen LogP contribution in [-0.2, 0) is 6.54 Å². The summed E-state index contributed by atoms with van der Waals surface area (Å²) in [4.78, 5) is 0. The molecule has 0 spiro atoms. The molecule has 3 N–H and O–H groups in total. The summed E-state index contributed by atoms with van der Waals surface area (Å²) in [6.45, 7) is 0.708. The van der Waals surface area contributed by atoms with Crippen LogP contribution in [-0.4, -0.2) is 28.5 Å². The molecule has 100 valence electrons. The molecule has 1 fully saturated rings. The average Bonchev–Trinajstić information content (AvgIpc) is 2.31. The van der Waals surface area contributed by atoms with Gasteiger partial charge < -0.3 is 15.5 Å². The van der Waals surface area contributed by atoms with Crippen molar-refractivity contribution in [2.24, 2.45) is 0 Å². The molecular formula is C13H17ClFNO2. The number of hydrogen-bond acceptors (Lipinski definition) is 3. The number of fused-ring (bicyclic) bond motifs is 3. The predicted octanol–water partition coefficient (Wildman–Crippen LogP) is 1.32. The second kappa shape index (κ2) is 5.13. The lowest BCUT2D eigenvalue weighted by Crippen LogP contribution is -2.49. The zero-order valence-corrected chi connectivity index (χ0v) is 10.7. The Bertz CT molecular complexity index is 443. The molecule has 0 bridgehead atoms. The second-order valence-corrected chi connectivity index (χ2v) is 5.04. The van der Waals surface area contributed by atoms with E-state index in [1.807, 2.05) is 0 Å². The molecule has 3 nitrogen and oxygen atoms in total. The van der Waals surface area contributed by atoms with E-state index in [0.717, 1.165) is 11.1 Å². The van der Waals surface area contributed by atoms with Gasteiger partial charge in [-0.3, -0.25) is 0 Å². The highest BCUT2D eigenvalue weighted by molar-refractivity contribution is 5.85. The van der Waals surface area contributed by atoms with E-state index in [4.69, 9.17) is 0 Å². The third kappa shape index (κ3) is 2.26. The molecule has 0 amide bonds. The van der Waals surface area contributed by atoms with Gasteiger partial charge >= 0.3 is 0 Å². The summed E-state index contributed by atoms with van der Waals surface area (Å²) in [5.74, 6) is -0.127. The maximum Gasteiger partial charge on any atom is 0.123 e. The fourth-order valence-corrected chi connectivity index (χ4v) is 3.05. The van der Waals surface area contributed by atoms with Crippen LogP contribution in [0.1, 0.15) is 29.9 Å². The lowest BCUT2D eigenvalue weighted by atomic mass is 9.74. The molecule has 1 aliphatic heterocycles. The maximum absolute atomic E-state index is 13.3. The number of aliphatic hydroxyl groups is 2. The molecule has 5 heteroatoms. The molecule has 4 atom stereocenters. The van der Waals surface area contributed by atoms with Gasteiger partial charge in [0.05, 0.1) is 12.2 Å². The van der Waals surface area contributed by atoms with E-state index >= 15 is 0 Å². The van der Waals surface area contributed by atoms with Crippen LogP contribution >= 0.6 is 12.4 Å². The third-order valence-corrected chi connectivity index (χ3v) is 3.98. The van der Waals surface area contributed by atoms with Crippen LogP contribution in [0.15, 0.2) is 18.2 Å². The lowest BCUT2D eigenvalue weighted by Gasteiger charge is -2.41. The number of benzene rings is 1. The van der Waals surface area contributed by atoms with Crippen molar-refractivity contribution in [1.29, 1.82) is 0 Å². The molecule has 0 aromatic heterocycles. The number of halogens is 2. The van der Waals surface area contributed by atoms with Crippen molar-refractivity contribution in [1.82, 2.24) is 5.32 Å². The first-order valence-corrected chi connectivity index (χ1v) is 6.03. The van der Waals surface area contributed by atoms with Crippen LogP contribution < -0.4 is 5.32 Å².